The minimum atomic E-state index is -1.75. The Morgan fingerprint density at radius 1 is 0.384 bits per heavy atom. The highest BCUT2D eigenvalue weighted by molar-refractivity contribution is 6.36. The van der Waals surface area contributed by atoms with E-state index in [2.05, 4.69) is 79.8 Å². The first kappa shape index (κ1) is 102. The van der Waals surface area contributed by atoms with Crippen molar-refractivity contribution in [2.45, 2.75) is 171 Å². The molecule has 0 aromatic heterocycles. The van der Waals surface area contributed by atoms with E-state index in [0.717, 1.165) is 17.7 Å². The summed E-state index contributed by atoms with van der Waals surface area (Å²) in [6.45, 7) is 2.93. The van der Waals surface area contributed by atoms with Crippen LogP contribution in [-0.4, -0.2) is 247 Å². The average Bonchev–Trinajstić information content (AvgIpc) is 0.832. The number of ketones is 2. The van der Waals surface area contributed by atoms with Gasteiger partial charge in [-0.1, -0.05) is 103 Å². The molecule has 42 heteroatoms. The zero-order valence-corrected chi connectivity index (χ0v) is 70.4. The highest BCUT2D eigenvalue weighted by atomic mass is 16.6. The maximum Gasteiger partial charge on any atom is 0.268 e. The molecule has 4 aromatic rings. The fraction of sp³-hybridized carbons (Fsp3) is 0.494. The van der Waals surface area contributed by atoms with Crippen LogP contribution in [0.1, 0.15) is 126 Å². The summed E-state index contributed by atoms with van der Waals surface area (Å²) in [4.78, 5) is 195. The summed E-state index contributed by atoms with van der Waals surface area (Å²) in [5, 5.41) is 73.1. The first-order chi connectivity index (χ1) is 59.9. The summed E-state index contributed by atoms with van der Waals surface area (Å²) >= 11 is 0. The van der Waals surface area contributed by atoms with E-state index in [0.29, 0.717) is 16.7 Å². The van der Waals surface area contributed by atoms with Crippen LogP contribution in [0.4, 0.5) is 0 Å². The molecule has 42 nitrogen and oxygen atoms in total. The van der Waals surface area contributed by atoms with Crippen LogP contribution in [0, 0.1) is 21.6 Å². The molecule has 8 atom stereocenters. The summed E-state index contributed by atoms with van der Waals surface area (Å²) < 4.78 is 21.9. The maximum atomic E-state index is 15.4. The lowest BCUT2D eigenvalue weighted by Crippen LogP contribution is -2.61. The Morgan fingerprint density at radius 2 is 0.784 bits per heavy atom. The lowest BCUT2D eigenvalue weighted by atomic mass is 9.99. The molecule has 1 aliphatic heterocycles. The fourth-order valence-corrected chi connectivity index (χ4v) is 12.6. The molecule has 682 valence electrons. The average molecular weight is 1740 g/mol. The van der Waals surface area contributed by atoms with Crippen molar-refractivity contribution in [1.82, 2.24) is 79.8 Å². The maximum absolute atomic E-state index is 15.4. The summed E-state index contributed by atoms with van der Waals surface area (Å²) in [5.74, 6) is -13.1. The number of hydrogen-bond acceptors (Lipinski definition) is 22. The number of carbonyl (C=O) groups excluding carboxylic acids is 14. The molecule has 0 bridgehead atoms. The van der Waals surface area contributed by atoms with E-state index in [1.807, 2.05) is 36.4 Å². The highest BCUT2D eigenvalue weighted by Gasteiger charge is 2.36. The van der Waals surface area contributed by atoms with Crippen LogP contribution in [-0.2, 0) is 98.9 Å². The van der Waals surface area contributed by atoms with E-state index < -0.39 is 167 Å². The molecule has 1 saturated heterocycles. The van der Waals surface area contributed by atoms with Gasteiger partial charge in [-0.05, 0) is 111 Å². The van der Waals surface area contributed by atoms with Gasteiger partial charge in [0.25, 0.3) is 5.91 Å². The molecule has 0 aliphatic carbocycles. The number of ether oxygens (including phenoxy) is 4. The third-order valence-corrected chi connectivity index (χ3v) is 19.2. The Balaban J connectivity index is 1.43. The minimum Gasteiger partial charge on any atom is -0.379 e. The second-order valence-electron chi connectivity index (χ2n) is 29.3. The number of primary amides is 1. The largest absolute Gasteiger partial charge is 0.379 e. The zero-order valence-electron chi connectivity index (χ0n) is 70.4. The van der Waals surface area contributed by atoms with Crippen LogP contribution >= 0.6 is 0 Å². The molecule has 1 heterocycles. The molecule has 0 radical (unpaired) electrons. The number of unbranched alkanes of at least 4 members (excludes halogenated alkanes) is 1. The number of guanidine groups is 4. The van der Waals surface area contributed by atoms with Gasteiger partial charge in [-0.15, -0.1) is 0 Å². The van der Waals surface area contributed by atoms with E-state index in [-0.39, 0.29) is 201 Å². The predicted molar refractivity (Wildman–Crippen MR) is 464 cm³/mol. The van der Waals surface area contributed by atoms with Crippen molar-refractivity contribution in [1.29, 1.82) is 21.6 Å². The molecule has 0 spiro atoms. The zero-order chi connectivity index (χ0) is 91.3. The van der Waals surface area contributed by atoms with Crippen LogP contribution in [0.2, 0.25) is 0 Å². The van der Waals surface area contributed by atoms with Crippen LogP contribution in [0.5, 0.6) is 0 Å². The second-order valence-corrected chi connectivity index (χ2v) is 29.3. The molecule has 1 aliphatic rings. The number of fused-ring (bicyclic) bond motifs is 1. The first-order valence-corrected chi connectivity index (χ1v) is 41.5. The number of benzene rings is 4. The van der Waals surface area contributed by atoms with E-state index in [1.165, 1.54) is 6.08 Å². The number of nitrogens with one attached hydrogen (secondary N) is 19. The van der Waals surface area contributed by atoms with E-state index in [9.17, 15) is 28.8 Å². The number of rotatable bonds is 50. The Bertz CT molecular complexity index is 4300. The van der Waals surface area contributed by atoms with Crippen molar-refractivity contribution in [2.75, 3.05) is 92.1 Å². The van der Waals surface area contributed by atoms with Crippen LogP contribution in [0.3, 0.4) is 0 Å². The Morgan fingerprint density at radius 3 is 1.26 bits per heavy atom. The van der Waals surface area contributed by atoms with Crippen molar-refractivity contribution < 1.29 is 86.1 Å². The van der Waals surface area contributed by atoms with Gasteiger partial charge >= 0.3 is 0 Å². The number of nitrogens with two attached hydrogens (primary N) is 5. The normalized spacial score (nSPS) is 18.1. The van der Waals surface area contributed by atoms with Gasteiger partial charge in [-0.2, -0.15) is 0 Å². The number of Topliss-reactive ketones (excluding diaryl/α,β-unsaturated/α-hetero) is 2. The molecule has 1 fully saturated rings. The lowest BCUT2D eigenvalue weighted by molar-refractivity contribution is -0.136. The molecule has 12 amide bonds. The van der Waals surface area contributed by atoms with Gasteiger partial charge in [-0.3, -0.25) is 88.8 Å². The summed E-state index contributed by atoms with van der Waals surface area (Å²) in [6.07, 6.45) is -0.524. The number of hydrogen-bond donors (Lipinski definition) is 24. The van der Waals surface area contributed by atoms with Gasteiger partial charge in [0, 0.05) is 84.7 Å². The topological polar surface area (TPSA) is 682 Å². The SMILES string of the molecule is CC(=O)C(=O)CCC(=O)NCCOCCOCCOCCOCCC(=O)N[C@@H](CCCCNC(=O)CC[C@@H]1NC(=O)[C@@H](CCCNC(=N)N)NC(=O)[C@H](CCCNC(=N)N)NC(=O)[C@@H](CCCNC(=N)N)NC(=O)[C@H](CCCNC(=N)N)NC(=O)[C@H](Cc2ccc3ccccc3c2)NC(=O)[C@@H](Cc2ccccc2)NC(=O)/C(=C/c2ccccc2)NC1=O)C(N)=O. The van der Waals surface area contributed by atoms with Gasteiger partial charge in [0.2, 0.25) is 65.0 Å². The van der Waals surface area contributed by atoms with Gasteiger partial charge in [0.1, 0.15) is 54.0 Å². The van der Waals surface area contributed by atoms with Gasteiger partial charge in [0.05, 0.1) is 52.9 Å². The summed E-state index contributed by atoms with van der Waals surface area (Å²) in [7, 11) is 0. The van der Waals surface area contributed by atoms with Crippen LogP contribution in [0.25, 0.3) is 16.8 Å². The van der Waals surface area contributed by atoms with Crippen LogP contribution in [0.15, 0.2) is 109 Å². The van der Waals surface area contributed by atoms with Crippen molar-refractivity contribution in [3.05, 3.63) is 126 Å². The van der Waals surface area contributed by atoms with E-state index in [4.69, 9.17) is 69.3 Å². The second kappa shape index (κ2) is 58.0. The highest BCUT2D eigenvalue weighted by Crippen LogP contribution is 2.19. The fourth-order valence-electron chi connectivity index (χ4n) is 12.6. The molecule has 0 saturated carbocycles. The van der Waals surface area contributed by atoms with E-state index >= 15 is 38.4 Å². The standard InChI is InChI=1S/C83H122N24O18/c1-52(108)67(109)30-32-69(111)94-39-41-123-43-45-125-47-46-124-44-42-122-40-33-70(112)99-58(71(84)113)22-10-11-34-93-68(110)31-29-63-76(118)105-64(49-53-16-4-2-5-17-53)78(120)106-65(50-54-18-6-3-7-19-54)79(121)107-66(51-55-27-28-56-20-8-9-21-57(56)48-55)77(119)103-62(26-15-38-98-83(91)92)74(116)101-60(24-13-36-96-81(87)88)72(114)100-59(23-12-35-95-80(85)86)73(115)102-61(75(117)104-63)25-14-37-97-82(89)90/h2-9,16-21,27-28,48-49,58-63,65-66H,10-15,22-26,29-47,50-51H2,1H3,(H2,84,113)(H,93,110)(H,94,111)(H,99,112)(H,100,114)(H,101,116)(H,102,115)(H,103,119)(H,104,117)(H,105,118)(H,106,120)(H,107,121)(H4,85,86,95)(H4,87,88,96)(H4,89,90,97)(H4,91,92,98)/b64-49-/t58-,59-,60+,61+,62-,63-,65+,66-/m0/s1. The molecular weight excluding hydrogens is 1620 g/mol. The predicted octanol–water partition coefficient (Wildman–Crippen LogP) is -3.21. The molecule has 4 aromatic carbocycles. The molecular formula is C83H122N24O18. The lowest BCUT2D eigenvalue weighted by Gasteiger charge is -2.29. The quantitative estimate of drug-likeness (QED) is 0.00680. The summed E-state index contributed by atoms with van der Waals surface area (Å²) in [6, 6.07) is 17.3. The van der Waals surface area contributed by atoms with E-state index in [1.54, 1.807) is 66.7 Å². The third kappa shape index (κ3) is 42.9. The molecule has 0 unspecified atom stereocenters. The molecule has 125 heavy (non-hydrogen) atoms. The van der Waals surface area contributed by atoms with Crippen molar-refractivity contribution in [3.8, 4) is 0 Å². The molecule has 5 rings (SSSR count). The Hall–Kier alpha value is -13.2. The van der Waals surface area contributed by atoms with Crippen LogP contribution < -0.4 is 108 Å². The number of amides is 12. The van der Waals surface area contributed by atoms with Gasteiger partial charge in [-0.25, -0.2) is 0 Å². The monoisotopic (exact) mass is 1740 g/mol. The van der Waals surface area contributed by atoms with Crippen molar-refractivity contribution in [2.24, 2.45) is 28.7 Å². The van der Waals surface area contributed by atoms with Crippen molar-refractivity contribution in [3.63, 3.8) is 0 Å². The number of carbonyl (C=O) groups is 14. The minimum absolute atomic E-state index is 0.00552. The molecule has 29 N–H and O–H groups in total. The van der Waals surface area contributed by atoms with Gasteiger partial charge in [0.15, 0.2) is 35.4 Å². The Labute approximate surface area is 724 Å². The smallest absolute Gasteiger partial charge is 0.268 e. The summed E-state index contributed by atoms with van der Waals surface area (Å²) in [5.41, 5.74) is 29.1. The third-order valence-electron chi connectivity index (χ3n) is 19.2. The van der Waals surface area contributed by atoms with Crippen molar-refractivity contribution >= 4 is 123 Å². The first-order valence-electron chi connectivity index (χ1n) is 41.5. The van der Waals surface area contributed by atoms with Gasteiger partial charge < -0.3 is 127 Å². The Kier molecular flexibility index (Phi) is 47.4.